The molecule has 3 fully saturated rings. The number of pyridine rings is 1. The highest BCUT2D eigenvalue weighted by molar-refractivity contribution is 7.98. The molecule has 2 atom stereocenters. The molecule has 1 spiro atoms. The van der Waals surface area contributed by atoms with Crippen LogP contribution in [0.1, 0.15) is 70.6 Å². The quantitative estimate of drug-likeness (QED) is 0.223. The number of allylic oxidation sites excluding steroid dienone is 4. The third-order valence-electron chi connectivity index (χ3n) is 8.22. The van der Waals surface area contributed by atoms with E-state index in [1.165, 1.54) is 6.42 Å². The van der Waals surface area contributed by atoms with Crippen LogP contribution < -0.4 is 10.9 Å². The van der Waals surface area contributed by atoms with Gasteiger partial charge in [0.1, 0.15) is 19.0 Å². The maximum Gasteiger partial charge on any atom is 0.254 e. The number of aromatic nitrogens is 1. The first-order chi connectivity index (χ1) is 19.7. The van der Waals surface area contributed by atoms with Crippen LogP contribution in [0.5, 0.6) is 0 Å². The average molecular weight is 606 g/mol. The largest absolute Gasteiger partial charge is 0.484 e. The summed E-state index contributed by atoms with van der Waals surface area (Å²) in [6.07, 6.45) is 10.0. The molecule has 4 heterocycles. The van der Waals surface area contributed by atoms with E-state index >= 15 is 0 Å². The number of likely N-dealkylation sites (tertiary alicyclic amines) is 1. The fourth-order valence-electron chi connectivity index (χ4n) is 5.70. The minimum absolute atomic E-state index is 0.109. The molecular weight excluding hydrogens is 562 g/mol. The van der Waals surface area contributed by atoms with Crippen LogP contribution in [-0.4, -0.2) is 66.5 Å². The number of hydrogen-bond donors (Lipinski definition) is 2. The second-order valence-corrected chi connectivity index (χ2v) is 12.7. The van der Waals surface area contributed by atoms with Gasteiger partial charge in [-0.25, -0.2) is 0 Å². The second kappa shape index (κ2) is 14.3. The van der Waals surface area contributed by atoms with Gasteiger partial charge in [-0.1, -0.05) is 24.1 Å². The number of carbonyl (C=O) groups is 1. The van der Waals surface area contributed by atoms with Crippen molar-refractivity contribution >= 4 is 29.6 Å². The molecule has 0 amide bonds. The minimum atomic E-state index is -0.116. The van der Waals surface area contributed by atoms with Gasteiger partial charge in [-0.2, -0.15) is 0 Å². The summed E-state index contributed by atoms with van der Waals surface area (Å²) in [4.78, 5) is 30.0. The Morgan fingerprint density at radius 3 is 2.73 bits per heavy atom. The SMILES string of the molecule is CCC(CCCC1COC(=C(Cl)/C=C(\C)CC=O)/C(=C(/C)NCc2c(SC)cc(C)[nH]c2=O)O1)N1CC2(CCO2)C1. The van der Waals surface area contributed by atoms with Gasteiger partial charge in [0.2, 0.25) is 0 Å². The first-order valence-electron chi connectivity index (χ1n) is 14.6. The van der Waals surface area contributed by atoms with Crippen molar-refractivity contribution in [1.29, 1.82) is 0 Å². The number of aldehydes is 1. The van der Waals surface area contributed by atoms with Gasteiger partial charge < -0.3 is 29.3 Å². The maximum atomic E-state index is 12.7. The summed E-state index contributed by atoms with van der Waals surface area (Å²) in [6.45, 7) is 11.6. The van der Waals surface area contributed by atoms with Crippen molar-refractivity contribution in [1.82, 2.24) is 15.2 Å². The molecule has 0 radical (unpaired) electrons. The van der Waals surface area contributed by atoms with Crippen molar-refractivity contribution in [2.75, 3.05) is 32.6 Å². The predicted molar refractivity (Wildman–Crippen MR) is 164 cm³/mol. The van der Waals surface area contributed by atoms with Gasteiger partial charge in [-0.05, 0) is 64.9 Å². The van der Waals surface area contributed by atoms with Gasteiger partial charge >= 0.3 is 0 Å². The molecule has 2 unspecified atom stereocenters. The fourth-order valence-corrected chi connectivity index (χ4v) is 6.73. The van der Waals surface area contributed by atoms with Gasteiger partial charge in [0.15, 0.2) is 11.5 Å². The van der Waals surface area contributed by atoms with E-state index in [-0.39, 0.29) is 17.3 Å². The number of thioether (sulfide) groups is 1. The molecule has 0 bridgehead atoms. The molecule has 0 aromatic carbocycles. The number of carbonyl (C=O) groups excluding carboxylic acids is 1. The Morgan fingerprint density at radius 1 is 1.34 bits per heavy atom. The summed E-state index contributed by atoms with van der Waals surface area (Å²) in [5.74, 6) is 0.980. The van der Waals surface area contributed by atoms with E-state index < -0.39 is 0 Å². The molecule has 3 aliphatic heterocycles. The number of nitrogens with zero attached hydrogens (tertiary/aromatic N) is 1. The molecule has 3 saturated heterocycles. The number of H-pyrrole nitrogens is 1. The lowest BCUT2D eigenvalue weighted by atomic mass is 9.84. The molecule has 4 rings (SSSR count). The Morgan fingerprint density at radius 2 is 2.10 bits per heavy atom. The third-order valence-corrected chi connectivity index (χ3v) is 9.30. The van der Waals surface area contributed by atoms with Crippen molar-refractivity contribution in [3.63, 3.8) is 0 Å². The Bertz CT molecular complexity index is 1240. The highest BCUT2D eigenvalue weighted by Crippen LogP contribution is 2.38. The van der Waals surface area contributed by atoms with E-state index in [0.717, 1.165) is 73.5 Å². The first kappa shape index (κ1) is 31.7. The Labute approximate surface area is 252 Å². The van der Waals surface area contributed by atoms with Crippen molar-refractivity contribution in [2.45, 2.75) is 95.4 Å². The number of ether oxygens (including phenoxy) is 3. The summed E-state index contributed by atoms with van der Waals surface area (Å²) in [5.41, 5.74) is 3.10. The summed E-state index contributed by atoms with van der Waals surface area (Å²) in [6, 6.07) is 2.54. The standard InChI is InChI=1S/C31H44ClN3O5S/c1-6-23(35-18-31(19-35)11-13-39-31)8-7-9-24-17-38-29(26(32)14-20(2)10-12-36)28(40-24)22(4)33-16-25-27(41-5)15-21(3)34-30(25)37/h12,14-15,23-24,33H,6-11,13,16-19H2,1-5H3,(H,34,37)/b20-14+,28-22+,29-26-. The predicted octanol–water partition coefficient (Wildman–Crippen LogP) is 5.55. The maximum absolute atomic E-state index is 12.7. The van der Waals surface area contributed by atoms with Gasteiger partial charge in [0, 0.05) is 54.7 Å². The van der Waals surface area contributed by atoms with Crippen LogP contribution in [0.2, 0.25) is 0 Å². The van der Waals surface area contributed by atoms with Crippen LogP contribution in [-0.2, 0) is 25.5 Å². The lowest BCUT2D eigenvalue weighted by molar-refractivity contribution is -0.230. The van der Waals surface area contributed by atoms with Crippen molar-refractivity contribution < 1.29 is 19.0 Å². The van der Waals surface area contributed by atoms with E-state index in [2.05, 4.69) is 22.1 Å². The summed E-state index contributed by atoms with van der Waals surface area (Å²) in [5, 5.41) is 3.76. The van der Waals surface area contributed by atoms with E-state index in [1.54, 1.807) is 17.8 Å². The van der Waals surface area contributed by atoms with E-state index in [9.17, 15) is 9.59 Å². The summed E-state index contributed by atoms with van der Waals surface area (Å²) in [7, 11) is 0. The van der Waals surface area contributed by atoms with Crippen LogP contribution in [0.3, 0.4) is 0 Å². The second-order valence-electron chi connectivity index (χ2n) is 11.4. The molecule has 3 aliphatic rings. The molecule has 1 aromatic rings. The van der Waals surface area contributed by atoms with Crippen molar-refractivity contribution in [2.24, 2.45) is 0 Å². The zero-order valence-electron chi connectivity index (χ0n) is 24.9. The number of nitrogens with one attached hydrogen (secondary N) is 2. The lowest BCUT2D eigenvalue weighted by Gasteiger charge is -2.57. The highest BCUT2D eigenvalue weighted by atomic mass is 35.5. The monoisotopic (exact) mass is 605 g/mol. The summed E-state index contributed by atoms with van der Waals surface area (Å²) < 4.78 is 18.5. The third kappa shape index (κ3) is 7.80. The molecule has 8 nitrogen and oxygen atoms in total. The van der Waals surface area contributed by atoms with E-state index in [1.807, 2.05) is 33.1 Å². The molecule has 1 aromatic heterocycles. The highest BCUT2D eigenvalue weighted by Gasteiger charge is 2.50. The molecule has 226 valence electrons. The average Bonchev–Trinajstić information content (AvgIpc) is 2.89. The first-order valence-corrected chi connectivity index (χ1v) is 16.2. The number of aromatic amines is 1. The number of rotatable bonds is 13. The van der Waals surface area contributed by atoms with Gasteiger partial charge in [-0.15, -0.1) is 11.8 Å². The van der Waals surface area contributed by atoms with Crippen molar-refractivity contribution in [3.05, 3.63) is 61.6 Å². The Hall–Kier alpha value is -2.20. The van der Waals surface area contributed by atoms with Gasteiger partial charge in [0.25, 0.3) is 5.56 Å². The molecular formula is C31H44ClN3O5S. The Kier molecular flexibility index (Phi) is 11.1. The normalized spacial score (nSPS) is 23.6. The van der Waals surface area contributed by atoms with Gasteiger partial charge in [0.05, 0.1) is 22.9 Å². The lowest BCUT2D eigenvalue weighted by Crippen LogP contribution is -2.70. The molecule has 0 saturated carbocycles. The minimum Gasteiger partial charge on any atom is -0.484 e. The van der Waals surface area contributed by atoms with E-state index in [0.29, 0.717) is 47.7 Å². The molecule has 41 heavy (non-hydrogen) atoms. The number of hydrogen-bond acceptors (Lipinski definition) is 8. The van der Waals surface area contributed by atoms with Crippen LogP contribution >= 0.6 is 23.4 Å². The van der Waals surface area contributed by atoms with E-state index in [4.69, 9.17) is 25.8 Å². The van der Waals surface area contributed by atoms with Crippen LogP contribution in [0, 0.1) is 6.92 Å². The smallest absolute Gasteiger partial charge is 0.254 e. The van der Waals surface area contributed by atoms with Crippen LogP contribution in [0.25, 0.3) is 0 Å². The zero-order chi connectivity index (χ0) is 29.6. The van der Waals surface area contributed by atoms with Crippen LogP contribution in [0.15, 0.2) is 49.7 Å². The number of halogens is 1. The van der Waals surface area contributed by atoms with Crippen molar-refractivity contribution in [3.8, 4) is 0 Å². The molecule has 10 heteroatoms. The number of aryl methyl sites for hydroxylation is 1. The van der Waals surface area contributed by atoms with Crippen LogP contribution in [0.4, 0.5) is 0 Å². The Balaban J connectivity index is 1.46. The summed E-state index contributed by atoms with van der Waals surface area (Å²) >= 11 is 8.24. The topological polar surface area (TPSA) is 92.9 Å². The molecule has 0 aliphatic carbocycles. The van der Waals surface area contributed by atoms with Gasteiger partial charge in [-0.3, -0.25) is 9.69 Å². The zero-order valence-corrected chi connectivity index (χ0v) is 26.5. The molecule has 2 N–H and O–H groups in total. The fraction of sp³-hybridized carbons (Fsp3) is 0.613.